The highest BCUT2D eigenvalue weighted by atomic mass is 32.2. The first-order chi connectivity index (χ1) is 10.9. The molecule has 3 rings (SSSR count). The Hall–Kier alpha value is -0.920. The van der Waals surface area contributed by atoms with Gasteiger partial charge < -0.3 is 5.32 Å². The number of aromatic amines is 1. The molecule has 1 saturated carbocycles. The Morgan fingerprint density at radius 3 is 2.57 bits per heavy atom. The Kier molecular flexibility index (Phi) is 4.80. The average molecular weight is 340 g/mol. The van der Waals surface area contributed by atoms with Gasteiger partial charge in [-0.25, -0.2) is 8.42 Å². The summed E-state index contributed by atoms with van der Waals surface area (Å²) in [6.07, 6.45) is 5.64. The molecule has 2 heterocycles. The molecule has 0 aromatic carbocycles. The third-order valence-corrected chi connectivity index (χ3v) is 7.31. The smallest absolute Gasteiger partial charge is 0.246 e. The number of nitrogens with zero attached hydrogens (tertiary/aromatic N) is 2. The zero-order valence-corrected chi connectivity index (χ0v) is 15.1. The Bertz CT molecular complexity index is 628. The second-order valence-corrected chi connectivity index (χ2v) is 8.87. The first-order valence-corrected chi connectivity index (χ1v) is 10.1. The maximum Gasteiger partial charge on any atom is 0.246 e. The highest BCUT2D eigenvalue weighted by molar-refractivity contribution is 7.89. The van der Waals surface area contributed by atoms with E-state index in [1.165, 1.54) is 19.3 Å². The van der Waals surface area contributed by atoms with E-state index < -0.39 is 10.0 Å². The number of aromatic nitrogens is 2. The maximum absolute atomic E-state index is 12.8. The lowest BCUT2D eigenvalue weighted by Gasteiger charge is -2.32. The molecule has 1 saturated heterocycles. The molecule has 2 N–H and O–H groups in total. The second kappa shape index (κ2) is 6.53. The molecule has 1 aromatic heterocycles. The van der Waals surface area contributed by atoms with Crippen LogP contribution in [0.5, 0.6) is 0 Å². The van der Waals surface area contributed by atoms with Crippen molar-refractivity contribution in [1.82, 2.24) is 19.8 Å². The lowest BCUT2D eigenvalue weighted by Crippen LogP contribution is -2.45. The van der Waals surface area contributed by atoms with Crippen LogP contribution in [0.15, 0.2) is 4.90 Å². The van der Waals surface area contributed by atoms with Gasteiger partial charge in [0.2, 0.25) is 10.0 Å². The van der Waals surface area contributed by atoms with Crippen molar-refractivity contribution in [3.63, 3.8) is 0 Å². The van der Waals surface area contributed by atoms with Gasteiger partial charge >= 0.3 is 0 Å². The third-order valence-electron chi connectivity index (χ3n) is 5.14. The van der Waals surface area contributed by atoms with E-state index in [1.54, 1.807) is 18.2 Å². The van der Waals surface area contributed by atoms with Gasteiger partial charge in [0.1, 0.15) is 4.90 Å². The first kappa shape index (κ1) is 16.9. The predicted molar refractivity (Wildman–Crippen MR) is 89.8 cm³/mol. The maximum atomic E-state index is 12.8. The lowest BCUT2D eigenvalue weighted by molar-refractivity contribution is 0.285. The predicted octanol–water partition coefficient (Wildman–Crippen LogP) is 1.96. The Balaban J connectivity index is 1.57. The molecule has 130 valence electrons. The van der Waals surface area contributed by atoms with E-state index >= 15 is 0 Å². The summed E-state index contributed by atoms with van der Waals surface area (Å²) in [5.74, 6) is 0.845. The Labute approximate surface area is 139 Å². The quantitative estimate of drug-likeness (QED) is 0.830. The molecule has 0 bridgehead atoms. The van der Waals surface area contributed by atoms with E-state index in [9.17, 15) is 8.42 Å². The zero-order chi connectivity index (χ0) is 16.6. The summed E-state index contributed by atoms with van der Waals surface area (Å²) in [5, 5.41) is 10.5. The molecular formula is C16H28N4O2S. The van der Waals surface area contributed by atoms with E-state index in [-0.39, 0.29) is 0 Å². The van der Waals surface area contributed by atoms with Crippen molar-refractivity contribution in [3.8, 4) is 0 Å². The van der Waals surface area contributed by atoms with Gasteiger partial charge in [0.25, 0.3) is 0 Å². The Morgan fingerprint density at radius 1 is 1.30 bits per heavy atom. The minimum absolute atomic E-state index is 0.356. The summed E-state index contributed by atoms with van der Waals surface area (Å²) in [6.45, 7) is 6.93. The highest BCUT2D eigenvalue weighted by Crippen LogP contribution is 2.35. The number of H-pyrrole nitrogens is 1. The van der Waals surface area contributed by atoms with Crippen molar-refractivity contribution in [2.75, 3.05) is 13.1 Å². The molecule has 0 unspecified atom stereocenters. The molecule has 1 aliphatic carbocycles. The fourth-order valence-electron chi connectivity index (χ4n) is 3.76. The van der Waals surface area contributed by atoms with Crippen molar-refractivity contribution in [2.24, 2.45) is 5.92 Å². The summed E-state index contributed by atoms with van der Waals surface area (Å²) >= 11 is 0. The molecule has 2 atom stereocenters. The van der Waals surface area contributed by atoms with Gasteiger partial charge in [-0.05, 0) is 45.4 Å². The molecule has 0 amide bonds. The monoisotopic (exact) mass is 340 g/mol. The van der Waals surface area contributed by atoms with Crippen LogP contribution in [-0.4, -0.2) is 48.1 Å². The summed E-state index contributed by atoms with van der Waals surface area (Å²) in [4.78, 5) is 0.356. The van der Waals surface area contributed by atoms with Gasteiger partial charge in [-0.2, -0.15) is 9.40 Å². The molecule has 2 fully saturated rings. The number of sulfonamides is 1. The topological polar surface area (TPSA) is 78.1 Å². The fraction of sp³-hybridized carbons (Fsp3) is 0.812. The Morgan fingerprint density at radius 2 is 2.00 bits per heavy atom. The molecule has 23 heavy (non-hydrogen) atoms. The summed E-state index contributed by atoms with van der Waals surface area (Å²) < 4.78 is 27.2. The number of rotatable bonds is 6. The minimum Gasteiger partial charge on any atom is -0.311 e. The standard InChI is InChI=1S/C16H28N4O2S/c1-4-5-13-10-15(13)17-14-6-8-20(9-7-14)23(21,22)16-11(2)18-19-12(16)3/h13-15,17H,4-10H2,1-3H3,(H,18,19)/t13-,15+/m1/s1. The summed E-state index contributed by atoms with van der Waals surface area (Å²) in [6, 6.07) is 1.13. The average Bonchev–Trinajstić information content (AvgIpc) is 3.13. The molecule has 0 radical (unpaired) electrons. The molecule has 1 aliphatic heterocycles. The van der Waals surface area contributed by atoms with Gasteiger partial charge in [0, 0.05) is 25.2 Å². The van der Waals surface area contributed by atoms with Gasteiger partial charge in [-0.1, -0.05) is 13.3 Å². The fourth-order valence-corrected chi connectivity index (χ4v) is 5.56. The van der Waals surface area contributed by atoms with Crippen molar-refractivity contribution in [1.29, 1.82) is 0 Å². The number of hydrogen-bond acceptors (Lipinski definition) is 4. The van der Waals surface area contributed by atoms with Crippen molar-refractivity contribution >= 4 is 10.0 Å². The van der Waals surface area contributed by atoms with Gasteiger partial charge in [0.15, 0.2) is 0 Å². The van der Waals surface area contributed by atoms with Crippen molar-refractivity contribution in [3.05, 3.63) is 11.4 Å². The number of hydrogen-bond donors (Lipinski definition) is 2. The van der Waals surface area contributed by atoms with Gasteiger partial charge in [0.05, 0.1) is 11.4 Å². The minimum atomic E-state index is -3.42. The van der Waals surface area contributed by atoms with Crippen LogP contribution in [0.4, 0.5) is 0 Å². The van der Waals surface area contributed by atoms with Crippen LogP contribution in [0.2, 0.25) is 0 Å². The van der Waals surface area contributed by atoms with Crippen LogP contribution in [0.3, 0.4) is 0 Å². The van der Waals surface area contributed by atoms with E-state index in [0.29, 0.717) is 41.5 Å². The molecule has 6 nitrogen and oxygen atoms in total. The molecule has 2 aliphatic rings. The molecular weight excluding hydrogens is 312 g/mol. The van der Waals surface area contributed by atoms with Crippen LogP contribution >= 0.6 is 0 Å². The van der Waals surface area contributed by atoms with E-state index in [0.717, 1.165) is 18.8 Å². The highest BCUT2D eigenvalue weighted by Gasteiger charge is 2.39. The van der Waals surface area contributed by atoms with E-state index in [2.05, 4.69) is 22.4 Å². The number of nitrogens with one attached hydrogen (secondary N) is 2. The summed E-state index contributed by atoms with van der Waals surface area (Å²) in [7, 11) is -3.42. The second-order valence-electron chi connectivity index (χ2n) is 7.00. The number of piperidine rings is 1. The van der Waals surface area contributed by atoms with Crippen LogP contribution < -0.4 is 5.32 Å². The van der Waals surface area contributed by atoms with Crippen LogP contribution in [-0.2, 0) is 10.0 Å². The third kappa shape index (κ3) is 3.46. The van der Waals surface area contributed by atoms with Crippen molar-refractivity contribution < 1.29 is 8.42 Å². The van der Waals surface area contributed by atoms with Crippen LogP contribution in [0, 0.1) is 19.8 Å². The molecule has 1 aromatic rings. The summed E-state index contributed by atoms with van der Waals surface area (Å²) in [5.41, 5.74) is 1.19. The molecule has 7 heteroatoms. The van der Waals surface area contributed by atoms with Crippen LogP contribution in [0.25, 0.3) is 0 Å². The van der Waals surface area contributed by atoms with Crippen LogP contribution in [0.1, 0.15) is 50.4 Å². The zero-order valence-electron chi connectivity index (χ0n) is 14.3. The molecule has 0 spiro atoms. The first-order valence-electron chi connectivity index (χ1n) is 8.71. The largest absolute Gasteiger partial charge is 0.311 e. The number of aryl methyl sites for hydroxylation is 2. The van der Waals surface area contributed by atoms with Gasteiger partial charge in [-0.3, -0.25) is 5.10 Å². The van der Waals surface area contributed by atoms with Gasteiger partial charge in [-0.15, -0.1) is 0 Å². The van der Waals surface area contributed by atoms with Crippen molar-refractivity contribution in [2.45, 2.75) is 69.9 Å². The SMILES string of the molecule is CCC[C@@H]1C[C@@H]1NC1CCN(S(=O)(=O)c2c(C)n[nH]c2C)CC1. The van der Waals surface area contributed by atoms with E-state index in [4.69, 9.17) is 0 Å². The van der Waals surface area contributed by atoms with E-state index in [1.807, 2.05) is 0 Å². The lowest BCUT2D eigenvalue weighted by atomic mass is 10.1. The normalized spacial score (nSPS) is 26.6.